The van der Waals surface area contributed by atoms with E-state index < -0.39 is 12.1 Å². The van der Waals surface area contributed by atoms with Crippen LogP contribution in [-0.4, -0.2) is 53.8 Å². The standard InChI is InChI=1S/C21H29F3N4O/c22-21(23,24)17-4-6-18(7-5-17)26-13-19(27-25)14-28-10-8-15(9-11-28)16-2-1-3-20(29)12-16/h1-3,12-13,15,17-18,29H,4-11,14,25H2. The van der Waals surface area contributed by atoms with E-state index in [0.29, 0.717) is 36.8 Å². The number of piperidine rings is 1. The molecule has 0 amide bonds. The fraction of sp³-hybridized carbons (Fsp3) is 0.619. The Kier molecular flexibility index (Phi) is 7.16. The second-order valence-corrected chi connectivity index (χ2v) is 8.09. The van der Waals surface area contributed by atoms with Crippen LogP contribution in [0.2, 0.25) is 0 Å². The summed E-state index contributed by atoms with van der Waals surface area (Å²) in [4.78, 5) is 6.71. The van der Waals surface area contributed by atoms with Crippen LogP contribution in [0.5, 0.6) is 5.75 Å². The lowest BCUT2D eigenvalue weighted by molar-refractivity contribution is -0.182. The van der Waals surface area contributed by atoms with Gasteiger partial charge in [-0.05, 0) is 75.2 Å². The van der Waals surface area contributed by atoms with Crippen molar-refractivity contribution in [2.45, 2.75) is 56.7 Å². The highest BCUT2D eigenvalue weighted by Gasteiger charge is 2.41. The molecule has 1 saturated heterocycles. The maximum atomic E-state index is 12.8. The number of halogens is 3. The first-order valence-corrected chi connectivity index (χ1v) is 10.2. The molecule has 160 valence electrons. The lowest BCUT2D eigenvalue weighted by Gasteiger charge is -2.32. The summed E-state index contributed by atoms with van der Waals surface area (Å²) in [5, 5.41) is 13.5. The van der Waals surface area contributed by atoms with Crippen molar-refractivity contribution in [3.63, 3.8) is 0 Å². The number of benzene rings is 1. The molecule has 8 heteroatoms. The number of likely N-dealkylation sites (tertiary alicyclic amines) is 1. The number of aliphatic imine (C=N–C) groups is 1. The van der Waals surface area contributed by atoms with E-state index in [-0.39, 0.29) is 18.9 Å². The summed E-state index contributed by atoms with van der Waals surface area (Å²) in [6.45, 7) is 2.37. The molecule has 0 aromatic heterocycles. The Morgan fingerprint density at radius 1 is 1.14 bits per heavy atom. The molecule has 1 aliphatic heterocycles. The molecule has 2 fully saturated rings. The number of hydrogen-bond acceptors (Lipinski definition) is 5. The van der Waals surface area contributed by atoms with Gasteiger partial charge in [0.05, 0.1) is 17.7 Å². The van der Waals surface area contributed by atoms with Crippen molar-refractivity contribution in [2.24, 2.45) is 21.9 Å². The average molecular weight is 410 g/mol. The van der Waals surface area contributed by atoms with E-state index in [1.807, 2.05) is 18.2 Å². The fourth-order valence-electron chi connectivity index (χ4n) is 4.29. The third kappa shape index (κ3) is 6.19. The number of alkyl halides is 3. The zero-order chi connectivity index (χ0) is 20.9. The molecule has 1 saturated carbocycles. The van der Waals surface area contributed by atoms with Crippen LogP contribution >= 0.6 is 0 Å². The molecule has 29 heavy (non-hydrogen) atoms. The summed E-state index contributed by atoms with van der Waals surface area (Å²) < 4.78 is 38.3. The molecule has 3 N–H and O–H groups in total. The predicted octanol–water partition coefficient (Wildman–Crippen LogP) is 4.08. The minimum atomic E-state index is -4.09. The SMILES string of the molecule is NN=C(C=NC1CCC(C(F)(F)F)CC1)CN1CCC(c2cccc(O)c2)CC1. The van der Waals surface area contributed by atoms with Crippen molar-refractivity contribution in [1.29, 1.82) is 0 Å². The Morgan fingerprint density at radius 3 is 2.41 bits per heavy atom. The van der Waals surface area contributed by atoms with E-state index in [0.717, 1.165) is 31.5 Å². The molecular formula is C21H29F3N4O. The maximum absolute atomic E-state index is 12.8. The van der Waals surface area contributed by atoms with Crippen LogP contribution in [0.1, 0.15) is 50.0 Å². The summed E-state index contributed by atoms with van der Waals surface area (Å²) in [5.74, 6) is 5.04. The van der Waals surface area contributed by atoms with Gasteiger partial charge in [0.1, 0.15) is 5.75 Å². The van der Waals surface area contributed by atoms with Gasteiger partial charge in [0, 0.05) is 12.8 Å². The van der Waals surface area contributed by atoms with Gasteiger partial charge in [0.15, 0.2) is 0 Å². The molecule has 1 heterocycles. The molecule has 0 unspecified atom stereocenters. The zero-order valence-corrected chi connectivity index (χ0v) is 16.5. The lowest BCUT2D eigenvalue weighted by Crippen LogP contribution is -2.37. The number of phenols is 1. The summed E-state index contributed by atoms with van der Waals surface area (Å²) in [7, 11) is 0. The average Bonchev–Trinajstić information content (AvgIpc) is 2.71. The third-order valence-electron chi connectivity index (χ3n) is 6.07. The Bertz CT molecular complexity index is 719. The van der Waals surface area contributed by atoms with E-state index in [2.05, 4.69) is 15.0 Å². The van der Waals surface area contributed by atoms with Crippen molar-refractivity contribution < 1.29 is 18.3 Å². The molecule has 0 atom stereocenters. The summed E-state index contributed by atoms with van der Waals surface area (Å²) in [5.41, 5.74) is 1.81. The van der Waals surface area contributed by atoms with Gasteiger partial charge in [0.2, 0.25) is 0 Å². The van der Waals surface area contributed by atoms with Gasteiger partial charge in [-0.3, -0.25) is 9.89 Å². The molecular weight excluding hydrogens is 381 g/mol. The zero-order valence-electron chi connectivity index (χ0n) is 16.5. The van der Waals surface area contributed by atoms with Gasteiger partial charge in [-0.15, -0.1) is 0 Å². The molecule has 0 spiro atoms. The van der Waals surface area contributed by atoms with E-state index in [4.69, 9.17) is 5.84 Å². The highest BCUT2D eigenvalue weighted by Crippen LogP contribution is 2.38. The number of nitrogens with two attached hydrogens (primary N) is 1. The summed E-state index contributed by atoms with van der Waals surface area (Å²) in [6, 6.07) is 7.34. The van der Waals surface area contributed by atoms with Crippen LogP contribution in [-0.2, 0) is 0 Å². The minimum absolute atomic E-state index is 0.0816. The molecule has 5 nitrogen and oxygen atoms in total. The molecule has 1 aliphatic carbocycles. The molecule has 0 bridgehead atoms. The number of phenolic OH excluding ortho intramolecular Hbond substituents is 1. The fourth-order valence-corrected chi connectivity index (χ4v) is 4.29. The van der Waals surface area contributed by atoms with Crippen LogP contribution < -0.4 is 5.84 Å². The van der Waals surface area contributed by atoms with E-state index in [9.17, 15) is 18.3 Å². The number of aromatic hydroxyl groups is 1. The first kappa shape index (κ1) is 21.6. The monoisotopic (exact) mass is 410 g/mol. The van der Waals surface area contributed by atoms with Crippen molar-refractivity contribution >= 4 is 11.9 Å². The van der Waals surface area contributed by atoms with Crippen molar-refractivity contribution in [3.8, 4) is 5.75 Å². The van der Waals surface area contributed by atoms with E-state index in [1.54, 1.807) is 12.3 Å². The second kappa shape index (κ2) is 9.61. The van der Waals surface area contributed by atoms with Crippen LogP contribution in [0, 0.1) is 5.92 Å². The van der Waals surface area contributed by atoms with Crippen molar-refractivity contribution in [1.82, 2.24) is 4.90 Å². The maximum Gasteiger partial charge on any atom is 0.391 e. The van der Waals surface area contributed by atoms with Crippen molar-refractivity contribution in [3.05, 3.63) is 29.8 Å². The molecule has 1 aromatic rings. The first-order valence-electron chi connectivity index (χ1n) is 10.2. The quantitative estimate of drug-likeness (QED) is 0.436. The number of rotatable bonds is 5. The molecule has 1 aromatic carbocycles. The van der Waals surface area contributed by atoms with Crippen LogP contribution in [0.25, 0.3) is 0 Å². The second-order valence-electron chi connectivity index (χ2n) is 8.09. The Hall–Kier alpha value is -2.09. The van der Waals surface area contributed by atoms with Gasteiger partial charge < -0.3 is 10.9 Å². The summed E-state index contributed by atoms with van der Waals surface area (Å²) in [6.07, 6.45) is 0.705. The molecule has 0 radical (unpaired) electrons. The largest absolute Gasteiger partial charge is 0.508 e. The Balaban J connectivity index is 1.45. The van der Waals surface area contributed by atoms with Crippen LogP contribution in [0.15, 0.2) is 34.4 Å². The van der Waals surface area contributed by atoms with E-state index >= 15 is 0 Å². The Labute approximate surface area is 169 Å². The first-order chi connectivity index (χ1) is 13.8. The highest BCUT2D eigenvalue weighted by atomic mass is 19.4. The third-order valence-corrected chi connectivity index (χ3v) is 6.07. The normalized spacial score (nSPS) is 25.6. The predicted molar refractivity (Wildman–Crippen MR) is 108 cm³/mol. The highest BCUT2D eigenvalue weighted by molar-refractivity contribution is 6.31. The van der Waals surface area contributed by atoms with Gasteiger partial charge in [-0.25, -0.2) is 0 Å². The Morgan fingerprint density at radius 2 is 1.83 bits per heavy atom. The van der Waals surface area contributed by atoms with Gasteiger partial charge >= 0.3 is 6.18 Å². The smallest absolute Gasteiger partial charge is 0.391 e. The number of hydrazone groups is 1. The van der Waals surface area contributed by atoms with Crippen molar-refractivity contribution in [2.75, 3.05) is 19.6 Å². The van der Waals surface area contributed by atoms with E-state index in [1.165, 1.54) is 0 Å². The summed E-state index contributed by atoms with van der Waals surface area (Å²) >= 11 is 0. The number of nitrogens with zero attached hydrogens (tertiary/aromatic N) is 3. The topological polar surface area (TPSA) is 74.2 Å². The molecule has 3 rings (SSSR count). The minimum Gasteiger partial charge on any atom is -0.508 e. The number of hydrogen-bond donors (Lipinski definition) is 2. The van der Waals surface area contributed by atoms with Crippen LogP contribution in [0.4, 0.5) is 13.2 Å². The van der Waals surface area contributed by atoms with Gasteiger partial charge in [-0.1, -0.05) is 12.1 Å². The van der Waals surface area contributed by atoms with Gasteiger partial charge in [0.25, 0.3) is 0 Å². The van der Waals surface area contributed by atoms with Gasteiger partial charge in [-0.2, -0.15) is 18.3 Å². The van der Waals surface area contributed by atoms with Crippen LogP contribution in [0.3, 0.4) is 0 Å². The molecule has 2 aliphatic rings. The lowest BCUT2D eigenvalue weighted by atomic mass is 9.86.